The summed E-state index contributed by atoms with van der Waals surface area (Å²) in [4.78, 5) is 2.28. The lowest BCUT2D eigenvalue weighted by Gasteiger charge is -2.25. The fourth-order valence-electron chi connectivity index (χ4n) is 2.39. The third-order valence-corrected chi connectivity index (χ3v) is 3.13. The standard InChI is InChI=1S/C17H26N2/c1-6-10-19(7-2)16-9-8-14(11-15(16)13-18)12-17(3,4)5/h8-9,11H,6-7,10,12H2,1-5H3. The van der Waals surface area contributed by atoms with Crippen LogP contribution in [0.3, 0.4) is 0 Å². The first-order valence-electron chi connectivity index (χ1n) is 7.19. The maximum atomic E-state index is 9.38. The van der Waals surface area contributed by atoms with Gasteiger partial charge in [-0.15, -0.1) is 0 Å². The molecule has 0 heterocycles. The average Bonchev–Trinajstić information content (AvgIpc) is 2.34. The van der Waals surface area contributed by atoms with Crippen molar-refractivity contribution < 1.29 is 0 Å². The minimum atomic E-state index is 0.252. The molecule has 1 aromatic rings. The Balaban J connectivity index is 3.06. The largest absolute Gasteiger partial charge is 0.371 e. The van der Waals surface area contributed by atoms with E-state index in [1.54, 1.807) is 0 Å². The van der Waals surface area contributed by atoms with Crippen LogP contribution in [0.4, 0.5) is 5.69 Å². The first-order valence-corrected chi connectivity index (χ1v) is 7.19. The number of hydrogen-bond donors (Lipinski definition) is 0. The summed E-state index contributed by atoms with van der Waals surface area (Å²) in [5.74, 6) is 0. The fourth-order valence-corrected chi connectivity index (χ4v) is 2.39. The van der Waals surface area contributed by atoms with Gasteiger partial charge < -0.3 is 4.90 Å². The Morgan fingerprint density at radius 1 is 1.21 bits per heavy atom. The number of nitriles is 1. The summed E-state index contributed by atoms with van der Waals surface area (Å²) in [5, 5.41) is 9.38. The zero-order chi connectivity index (χ0) is 14.5. The van der Waals surface area contributed by atoms with E-state index in [-0.39, 0.29) is 5.41 Å². The van der Waals surface area contributed by atoms with Crippen molar-refractivity contribution in [2.45, 2.75) is 47.5 Å². The lowest BCUT2D eigenvalue weighted by atomic mass is 9.87. The zero-order valence-corrected chi connectivity index (χ0v) is 13.0. The molecule has 19 heavy (non-hydrogen) atoms. The normalized spacial score (nSPS) is 11.2. The van der Waals surface area contributed by atoms with Crippen molar-refractivity contribution in [2.24, 2.45) is 5.41 Å². The summed E-state index contributed by atoms with van der Waals surface area (Å²) in [5.41, 5.74) is 3.38. The van der Waals surface area contributed by atoms with Crippen LogP contribution in [0.1, 0.15) is 52.2 Å². The minimum Gasteiger partial charge on any atom is -0.371 e. The molecule has 2 nitrogen and oxygen atoms in total. The predicted molar refractivity (Wildman–Crippen MR) is 82.5 cm³/mol. The van der Waals surface area contributed by atoms with E-state index in [1.165, 1.54) is 5.56 Å². The van der Waals surface area contributed by atoms with Crippen LogP contribution in [0.2, 0.25) is 0 Å². The Hall–Kier alpha value is -1.49. The van der Waals surface area contributed by atoms with Crippen LogP contribution in [-0.4, -0.2) is 13.1 Å². The highest BCUT2D eigenvalue weighted by Crippen LogP contribution is 2.26. The first kappa shape index (κ1) is 15.6. The van der Waals surface area contributed by atoms with Crippen molar-refractivity contribution in [2.75, 3.05) is 18.0 Å². The molecule has 2 heteroatoms. The van der Waals surface area contributed by atoms with Gasteiger partial charge in [-0.05, 0) is 42.9 Å². The van der Waals surface area contributed by atoms with Gasteiger partial charge in [0.2, 0.25) is 0 Å². The second kappa shape index (κ2) is 6.61. The predicted octanol–water partition coefficient (Wildman–Crippen LogP) is 4.38. The van der Waals surface area contributed by atoms with Gasteiger partial charge in [0.15, 0.2) is 0 Å². The lowest BCUT2D eigenvalue weighted by molar-refractivity contribution is 0.411. The van der Waals surface area contributed by atoms with Gasteiger partial charge in [-0.25, -0.2) is 0 Å². The van der Waals surface area contributed by atoms with Gasteiger partial charge in [-0.1, -0.05) is 33.8 Å². The van der Waals surface area contributed by atoms with Crippen LogP contribution < -0.4 is 4.90 Å². The molecular formula is C17H26N2. The van der Waals surface area contributed by atoms with E-state index in [1.807, 2.05) is 0 Å². The molecular weight excluding hydrogens is 232 g/mol. The molecule has 0 saturated carbocycles. The van der Waals surface area contributed by atoms with Crippen LogP contribution >= 0.6 is 0 Å². The summed E-state index contributed by atoms with van der Waals surface area (Å²) >= 11 is 0. The van der Waals surface area contributed by atoms with Crippen molar-refractivity contribution >= 4 is 5.69 Å². The van der Waals surface area contributed by atoms with Gasteiger partial charge in [0.25, 0.3) is 0 Å². The monoisotopic (exact) mass is 258 g/mol. The smallest absolute Gasteiger partial charge is 0.101 e. The van der Waals surface area contributed by atoms with Gasteiger partial charge in [0.05, 0.1) is 11.3 Å². The molecule has 0 fully saturated rings. The number of benzene rings is 1. The number of rotatable bonds is 5. The Labute approximate surface area is 118 Å². The van der Waals surface area contributed by atoms with Crippen LogP contribution in [0, 0.1) is 16.7 Å². The number of anilines is 1. The maximum Gasteiger partial charge on any atom is 0.101 e. The minimum absolute atomic E-state index is 0.252. The van der Waals surface area contributed by atoms with Crippen LogP contribution in [-0.2, 0) is 6.42 Å². The average molecular weight is 258 g/mol. The molecule has 0 amide bonds. The fraction of sp³-hybridized carbons (Fsp3) is 0.588. The molecule has 1 aromatic carbocycles. The Morgan fingerprint density at radius 2 is 1.89 bits per heavy atom. The molecule has 0 aromatic heterocycles. The highest BCUT2D eigenvalue weighted by atomic mass is 15.1. The quantitative estimate of drug-likeness (QED) is 0.783. The van der Waals surface area contributed by atoms with E-state index in [2.05, 4.69) is 63.8 Å². The summed E-state index contributed by atoms with van der Waals surface area (Å²) < 4.78 is 0. The van der Waals surface area contributed by atoms with Crippen LogP contribution in [0.5, 0.6) is 0 Å². The topological polar surface area (TPSA) is 27.0 Å². The van der Waals surface area contributed by atoms with E-state index in [9.17, 15) is 5.26 Å². The lowest BCUT2D eigenvalue weighted by Crippen LogP contribution is -2.24. The molecule has 0 saturated heterocycles. The Morgan fingerprint density at radius 3 is 2.37 bits per heavy atom. The second-order valence-corrected chi connectivity index (χ2v) is 6.28. The van der Waals surface area contributed by atoms with E-state index >= 15 is 0 Å². The second-order valence-electron chi connectivity index (χ2n) is 6.28. The highest BCUT2D eigenvalue weighted by molar-refractivity contribution is 5.60. The summed E-state index contributed by atoms with van der Waals surface area (Å²) in [7, 11) is 0. The first-order chi connectivity index (χ1) is 8.91. The van der Waals surface area contributed by atoms with Gasteiger partial charge in [-0.3, -0.25) is 0 Å². The summed E-state index contributed by atoms with van der Waals surface area (Å²) in [6.07, 6.45) is 2.10. The molecule has 104 valence electrons. The van der Waals surface area contributed by atoms with Gasteiger partial charge >= 0.3 is 0 Å². The summed E-state index contributed by atoms with van der Waals surface area (Å²) in [6, 6.07) is 8.68. The molecule has 0 unspecified atom stereocenters. The van der Waals surface area contributed by atoms with E-state index in [0.717, 1.165) is 37.2 Å². The summed E-state index contributed by atoms with van der Waals surface area (Å²) in [6.45, 7) is 12.9. The molecule has 0 aliphatic carbocycles. The van der Waals surface area contributed by atoms with Gasteiger partial charge in [-0.2, -0.15) is 5.26 Å². The van der Waals surface area contributed by atoms with Crippen LogP contribution in [0.25, 0.3) is 0 Å². The zero-order valence-electron chi connectivity index (χ0n) is 13.0. The third-order valence-electron chi connectivity index (χ3n) is 3.13. The van der Waals surface area contributed by atoms with Gasteiger partial charge in [0.1, 0.15) is 6.07 Å². The number of hydrogen-bond acceptors (Lipinski definition) is 2. The molecule has 1 rings (SSSR count). The van der Waals surface area contributed by atoms with Crippen molar-refractivity contribution in [1.82, 2.24) is 0 Å². The van der Waals surface area contributed by atoms with Gasteiger partial charge in [0, 0.05) is 13.1 Å². The Kier molecular flexibility index (Phi) is 5.42. The molecule has 0 radical (unpaired) electrons. The van der Waals surface area contributed by atoms with Crippen molar-refractivity contribution in [3.8, 4) is 6.07 Å². The molecule has 0 spiro atoms. The molecule has 0 bridgehead atoms. The van der Waals surface area contributed by atoms with Crippen LogP contribution in [0.15, 0.2) is 18.2 Å². The van der Waals surface area contributed by atoms with Crippen molar-refractivity contribution in [1.29, 1.82) is 5.26 Å². The SMILES string of the molecule is CCCN(CC)c1ccc(CC(C)(C)C)cc1C#N. The van der Waals surface area contributed by atoms with Crippen molar-refractivity contribution in [3.63, 3.8) is 0 Å². The molecule has 0 N–H and O–H groups in total. The molecule has 0 atom stereocenters. The van der Waals surface area contributed by atoms with E-state index in [0.29, 0.717) is 0 Å². The number of nitrogens with zero attached hydrogens (tertiary/aromatic N) is 2. The maximum absolute atomic E-state index is 9.38. The highest BCUT2D eigenvalue weighted by Gasteiger charge is 2.14. The third kappa shape index (κ3) is 4.59. The van der Waals surface area contributed by atoms with E-state index < -0.39 is 0 Å². The molecule has 0 aliphatic rings. The molecule has 0 aliphatic heterocycles. The van der Waals surface area contributed by atoms with E-state index in [4.69, 9.17) is 0 Å². The van der Waals surface area contributed by atoms with Crippen molar-refractivity contribution in [3.05, 3.63) is 29.3 Å². The Bertz CT molecular complexity index is 449.